The standard InChI is InChI=1S/C13H11N3O4P/c1-2-16-15-14-12(21(16)19)11(17)9-7-8-5-3-4-6-10(8)20-13(9)18/h3-7,12H,2H2,1H3/q-1. The molecule has 2 unspecified atom stereocenters. The van der Waals surface area contributed by atoms with Crippen molar-refractivity contribution < 1.29 is 14.1 Å². The van der Waals surface area contributed by atoms with Crippen molar-refractivity contribution in [3.05, 3.63) is 46.3 Å². The summed E-state index contributed by atoms with van der Waals surface area (Å²) in [5.41, 5.74) is -0.516. The molecule has 0 spiro atoms. The molecule has 0 saturated heterocycles. The van der Waals surface area contributed by atoms with Gasteiger partial charge < -0.3 is 9.31 Å². The van der Waals surface area contributed by atoms with Crippen LogP contribution in [0.15, 0.2) is 49.9 Å². The first kappa shape index (κ1) is 13.9. The van der Waals surface area contributed by atoms with Crippen LogP contribution in [0.4, 0.5) is 0 Å². The molecule has 0 radical (unpaired) electrons. The second-order valence-corrected chi connectivity index (χ2v) is 5.98. The molecule has 2 heterocycles. The van der Waals surface area contributed by atoms with Gasteiger partial charge in [0.2, 0.25) is 5.78 Å². The zero-order chi connectivity index (χ0) is 15.0. The molecule has 0 bridgehead atoms. The van der Waals surface area contributed by atoms with E-state index in [0.717, 1.165) is 0 Å². The van der Waals surface area contributed by atoms with Crippen LogP contribution in [0.5, 0.6) is 0 Å². The van der Waals surface area contributed by atoms with E-state index in [1.54, 1.807) is 31.2 Å². The van der Waals surface area contributed by atoms with Crippen LogP contribution in [0.2, 0.25) is 0 Å². The van der Waals surface area contributed by atoms with Crippen LogP contribution < -0.4 is 10.5 Å². The molecule has 1 aliphatic heterocycles. The van der Waals surface area contributed by atoms with E-state index in [0.29, 0.717) is 17.5 Å². The zero-order valence-corrected chi connectivity index (χ0v) is 12.0. The van der Waals surface area contributed by atoms with Crippen LogP contribution in [0, 0.1) is 0 Å². The minimum Gasteiger partial charge on any atom is -0.810 e. The summed E-state index contributed by atoms with van der Waals surface area (Å²) in [6.07, 6.45) is 0. The smallest absolute Gasteiger partial charge is 0.347 e. The van der Waals surface area contributed by atoms with E-state index in [2.05, 4.69) is 10.3 Å². The summed E-state index contributed by atoms with van der Waals surface area (Å²) in [4.78, 5) is 36.3. The lowest BCUT2D eigenvalue weighted by molar-refractivity contribution is -0.170. The third-order valence-corrected chi connectivity index (χ3v) is 4.70. The van der Waals surface area contributed by atoms with Gasteiger partial charge in [-0.1, -0.05) is 23.4 Å². The van der Waals surface area contributed by atoms with Crippen molar-refractivity contribution >= 4 is 25.1 Å². The summed E-state index contributed by atoms with van der Waals surface area (Å²) < 4.78 is 6.34. The number of hydrogen-bond donors (Lipinski definition) is 0. The average Bonchev–Trinajstić information content (AvgIpc) is 2.86. The van der Waals surface area contributed by atoms with Crippen molar-refractivity contribution in [1.82, 2.24) is 4.78 Å². The summed E-state index contributed by atoms with van der Waals surface area (Å²) >= 11 is 0. The maximum atomic E-state index is 12.4. The van der Waals surface area contributed by atoms with E-state index in [4.69, 9.17) is 4.42 Å². The second kappa shape index (κ2) is 5.35. The molecule has 3 rings (SSSR count). The molecule has 1 aromatic carbocycles. The van der Waals surface area contributed by atoms with Crippen molar-refractivity contribution in [2.24, 2.45) is 10.3 Å². The molecule has 0 saturated carbocycles. The second-order valence-electron chi connectivity index (χ2n) is 4.42. The molecule has 21 heavy (non-hydrogen) atoms. The number of benzene rings is 1. The molecule has 7 nitrogen and oxygen atoms in total. The quantitative estimate of drug-likeness (QED) is 0.488. The fraction of sp³-hybridized carbons (Fsp3) is 0.231. The number of carbonyl (C=O) groups excluding carboxylic acids is 1. The van der Waals surface area contributed by atoms with Gasteiger partial charge in [0.05, 0.1) is 0 Å². The van der Waals surface area contributed by atoms with Gasteiger partial charge in [-0.3, -0.25) is 9.57 Å². The van der Waals surface area contributed by atoms with Gasteiger partial charge in [0.15, 0.2) is 5.78 Å². The molecule has 0 fully saturated rings. The van der Waals surface area contributed by atoms with Gasteiger partial charge in [0.1, 0.15) is 11.1 Å². The Morgan fingerprint density at radius 2 is 2.24 bits per heavy atom. The lowest BCUT2D eigenvalue weighted by Crippen LogP contribution is -2.28. The Morgan fingerprint density at radius 1 is 1.48 bits per heavy atom. The van der Waals surface area contributed by atoms with Crippen LogP contribution in [0.3, 0.4) is 0 Å². The number of fused-ring (bicyclic) bond motifs is 1. The molecule has 0 N–H and O–H groups in total. The SMILES string of the molecule is CCN1N=NC(C(=O)c2cc3ccccc3oc2=O)P1[O-]. The number of ketones is 1. The van der Waals surface area contributed by atoms with Crippen LogP contribution >= 0.6 is 8.30 Å². The third-order valence-electron chi connectivity index (χ3n) is 3.13. The number of hydrogen-bond acceptors (Lipinski definition) is 7. The van der Waals surface area contributed by atoms with Crippen molar-refractivity contribution in [3.63, 3.8) is 0 Å². The summed E-state index contributed by atoms with van der Waals surface area (Å²) in [6.45, 7) is 2.14. The van der Waals surface area contributed by atoms with Crippen molar-refractivity contribution in [3.8, 4) is 0 Å². The Balaban J connectivity index is 2.01. The average molecular weight is 304 g/mol. The van der Waals surface area contributed by atoms with Gasteiger partial charge in [-0.2, -0.15) is 5.11 Å². The first-order chi connectivity index (χ1) is 10.1. The highest BCUT2D eigenvalue weighted by atomic mass is 31.2. The molecule has 2 atom stereocenters. The van der Waals surface area contributed by atoms with Crippen molar-refractivity contribution in [1.29, 1.82) is 0 Å². The van der Waals surface area contributed by atoms with E-state index in [9.17, 15) is 14.5 Å². The van der Waals surface area contributed by atoms with E-state index in [-0.39, 0.29) is 5.56 Å². The van der Waals surface area contributed by atoms with Crippen LogP contribution in [-0.2, 0) is 0 Å². The van der Waals surface area contributed by atoms with Gasteiger partial charge in [0, 0.05) is 11.9 Å². The summed E-state index contributed by atoms with van der Waals surface area (Å²) in [5, 5.41) is 8.00. The van der Waals surface area contributed by atoms with Crippen molar-refractivity contribution in [2.75, 3.05) is 6.54 Å². The number of Topliss-reactive ketones (excluding diaryl/α,β-unsaturated/α-hetero) is 1. The van der Waals surface area contributed by atoms with Gasteiger partial charge in [-0.25, -0.2) is 4.79 Å². The van der Waals surface area contributed by atoms with Gasteiger partial charge >= 0.3 is 5.63 Å². The van der Waals surface area contributed by atoms with Crippen molar-refractivity contribution in [2.45, 2.75) is 12.7 Å². The normalized spacial score (nSPS) is 21.1. The fourth-order valence-electron chi connectivity index (χ4n) is 2.05. The molecule has 0 amide bonds. The Kier molecular flexibility index (Phi) is 3.53. The maximum Gasteiger partial charge on any atom is 0.347 e. The van der Waals surface area contributed by atoms with Gasteiger partial charge in [-0.15, -0.1) is 0 Å². The van der Waals surface area contributed by atoms with Gasteiger partial charge in [-0.05, 0) is 27.4 Å². The summed E-state index contributed by atoms with van der Waals surface area (Å²) in [6, 6.07) is 8.30. The van der Waals surface area contributed by atoms with Crippen LogP contribution in [-0.4, -0.2) is 22.9 Å². The molecular weight excluding hydrogens is 293 g/mol. The highest BCUT2D eigenvalue weighted by Gasteiger charge is 2.32. The summed E-state index contributed by atoms with van der Waals surface area (Å²) in [7, 11) is -2.09. The highest BCUT2D eigenvalue weighted by molar-refractivity contribution is 7.49. The van der Waals surface area contributed by atoms with E-state index in [1.807, 2.05) is 0 Å². The first-order valence-electron chi connectivity index (χ1n) is 6.33. The maximum absolute atomic E-state index is 12.4. The Bertz CT molecular complexity index is 788. The highest BCUT2D eigenvalue weighted by Crippen LogP contribution is 2.44. The first-order valence-corrected chi connectivity index (χ1v) is 7.61. The molecule has 108 valence electrons. The van der Waals surface area contributed by atoms with Crippen LogP contribution in [0.25, 0.3) is 11.0 Å². The molecule has 1 aromatic heterocycles. The molecule has 2 aromatic rings. The predicted octanol–water partition coefficient (Wildman–Crippen LogP) is 1.68. The Morgan fingerprint density at radius 3 is 2.95 bits per heavy atom. The summed E-state index contributed by atoms with van der Waals surface area (Å²) in [5.74, 6) is -1.78. The van der Waals surface area contributed by atoms with Crippen LogP contribution in [0.1, 0.15) is 17.3 Å². The lowest BCUT2D eigenvalue weighted by atomic mass is 10.1. The third kappa shape index (κ3) is 2.34. The minimum absolute atomic E-state index is 0.154. The zero-order valence-electron chi connectivity index (χ0n) is 11.1. The van der Waals surface area contributed by atoms with E-state index >= 15 is 0 Å². The number of carbonyl (C=O) groups is 1. The number of para-hydroxylation sites is 1. The monoisotopic (exact) mass is 304 g/mol. The number of rotatable bonds is 3. The fourth-order valence-corrected chi connectivity index (χ4v) is 3.18. The lowest BCUT2D eigenvalue weighted by Gasteiger charge is -2.28. The molecule has 8 heteroatoms. The van der Waals surface area contributed by atoms with E-state index in [1.165, 1.54) is 10.8 Å². The van der Waals surface area contributed by atoms with Gasteiger partial charge in [0.25, 0.3) is 0 Å². The Labute approximate surface area is 120 Å². The molecule has 0 aliphatic carbocycles. The topological polar surface area (TPSA) is 98.3 Å². The molecule has 1 aliphatic rings. The van der Waals surface area contributed by atoms with E-state index < -0.39 is 25.5 Å². The Hall–Kier alpha value is -2.11. The number of nitrogens with zero attached hydrogens (tertiary/aromatic N) is 3. The largest absolute Gasteiger partial charge is 0.810 e. The minimum atomic E-state index is -2.09. The predicted molar refractivity (Wildman–Crippen MR) is 74.8 cm³/mol. The molecular formula is C13H11N3O4P-.